The highest BCUT2D eigenvalue weighted by Crippen LogP contribution is 2.40. The van der Waals surface area contributed by atoms with Crippen molar-refractivity contribution < 1.29 is 37.1 Å². The van der Waals surface area contributed by atoms with Gasteiger partial charge >= 0.3 is 0 Å². The molecule has 4 aliphatic heterocycles. The van der Waals surface area contributed by atoms with Gasteiger partial charge in [0.05, 0.1) is 48.2 Å². The van der Waals surface area contributed by atoms with Crippen LogP contribution in [0.4, 0.5) is 5.69 Å². The van der Waals surface area contributed by atoms with E-state index < -0.39 is 33.4 Å². The molecule has 3 fully saturated rings. The number of amides is 4. The van der Waals surface area contributed by atoms with Crippen molar-refractivity contribution in [2.24, 2.45) is 0 Å². The first-order chi connectivity index (χ1) is 26.9. The van der Waals surface area contributed by atoms with Crippen molar-refractivity contribution in [3.8, 4) is 11.5 Å². The van der Waals surface area contributed by atoms with Gasteiger partial charge < -0.3 is 19.3 Å². The minimum absolute atomic E-state index is 0.199. The van der Waals surface area contributed by atoms with E-state index in [0.29, 0.717) is 66.9 Å². The quantitative estimate of drug-likeness (QED) is 0.253. The third-order valence-electron chi connectivity index (χ3n) is 11.6. The van der Waals surface area contributed by atoms with Gasteiger partial charge in [-0.3, -0.25) is 34.3 Å². The molecule has 0 aliphatic carbocycles. The predicted octanol–water partition coefficient (Wildman–Crippen LogP) is 3.83. The first kappa shape index (κ1) is 39.4. The van der Waals surface area contributed by atoms with Crippen LogP contribution in [0.15, 0.2) is 60.7 Å². The van der Waals surface area contributed by atoms with Crippen molar-refractivity contribution in [2.45, 2.75) is 57.0 Å². The van der Waals surface area contributed by atoms with Crippen molar-refractivity contribution in [1.82, 2.24) is 20.0 Å². The zero-order valence-corrected chi connectivity index (χ0v) is 33.2. The number of hydrogen-bond acceptors (Lipinski definition) is 11. The molecule has 13 nitrogen and oxygen atoms in total. The van der Waals surface area contributed by atoms with Gasteiger partial charge in [0.25, 0.3) is 11.8 Å². The molecule has 1 N–H and O–H groups in total. The van der Waals surface area contributed by atoms with E-state index in [1.165, 1.54) is 12.7 Å². The van der Waals surface area contributed by atoms with Crippen molar-refractivity contribution in [3.63, 3.8) is 0 Å². The number of nitrogens with zero attached hydrogens (tertiary/aromatic N) is 4. The van der Waals surface area contributed by atoms with Crippen LogP contribution in [-0.4, -0.2) is 124 Å². The van der Waals surface area contributed by atoms with Crippen LogP contribution in [0.5, 0.6) is 11.5 Å². The van der Waals surface area contributed by atoms with Crippen LogP contribution in [0.1, 0.15) is 82.0 Å². The van der Waals surface area contributed by atoms with Crippen LogP contribution in [0.2, 0.25) is 0 Å². The lowest BCUT2D eigenvalue weighted by atomic mass is 9.89. The van der Waals surface area contributed by atoms with E-state index in [1.807, 2.05) is 25.1 Å². The lowest BCUT2D eigenvalue weighted by Crippen LogP contribution is -2.53. The van der Waals surface area contributed by atoms with E-state index in [-0.39, 0.29) is 23.3 Å². The molecule has 7 rings (SSSR count). The molecule has 0 aromatic heterocycles. The van der Waals surface area contributed by atoms with E-state index in [1.54, 1.807) is 30.3 Å². The molecule has 56 heavy (non-hydrogen) atoms. The van der Waals surface area contributed by atoms with Gasteiger partial charge in [-0.2, -0.15) is 0 Å². The van der Waals surface area contributed by atoms with Crippen LogP contribution in [0.25, 0.3) is 0 Å². The van der Waals surface area contributed by atoms with Crippen LogP contribution < -0.4 is 19.7 Å². The predicted molar refractivity (Wildman–Crippen MR) is 212 cm³/mol. The van der Waals surface area contributed by atoms with Gasteiger partial charge in [0.1, 0.15) is 9.84 Å². The number of piperazine rings is 1. The average Bonchev–Trinajstić information content (AvgIpc) is 3.45. The lowest BCUT2D eigenvalue weighted by Gasteiger charge is -2.43. The molecule has 3 aromatic rings. The summed E-state index contributed by atoms with van der Waals surface area (Å²) in [7, 11) is -2.11. The zero-order valence-electron chi connectivity index (χ0n) is 32.4. The maximum absolute atomic E-state index is 14.3. The first-order valence-electron chi connectivity index (χ1n) is 19.6. The molecule has 3 aromatic carbocycles. The van der Waals surface area contributed by atoms with Gasteiger partial charge in [-0.05, 0) is 86.7 Å². The molecular formula is C42H51N5O8S. The summed E-state index contributed by atoms with van der Waals surface area (Å²) in [5, 5.41) is 2.47. The highest BCUT2D eigenvalue weighted by atomic mass is 32.2. The number of nitrogens with one attached hydrogen (secondary N) is 1. The first-order valence-corrected chi connectivity index (χ1v) is 21.6. The van der Waals surface area contributed by atoms with E-state index in [9.17, 15) is 27.6 Å². The van der Waals surface area contributed by atoms with E-state index in [4.69, 9.17) is 9.47 Å². The normalized spacial score (nSPS) is 20.6. The molecule has 14 heteroatoms. The Labute approximate surface area is 328 Å². The van der Waals surface area contributed by atoms with Gasteiger partial charge in [0.2, 0.25) is 11.8 Å². The molecule has 4 aliphatic rings. The molecule has 1 unspecified atom stereocenters. The Balaban J connectivity index is 0.965. The third-order valence-corrected chi connectivity index (χ3v) is 12.5. The minimum atomic E-state index is -3.62. The second kappa shape index (κ2) is 16.7. The average molecular weight is 786 g/mol. The SMILES string of the molecule is CCOc1cc([C@@H](CS(C)(=O)=O)N2C(=O)c3cccc(N4CCN(C5CCN(CCc6cccc(C7CCC(=O)NC7=O)c6)CC5)CC4)c3C2=O)ccc1OC. The lowest BCUT2D eigenvalue weighted by molar-refractivity contribution is -0.134. The molecule has 3 saturated heterocycles. The van der Waals surface area contributed by atoms with E-state index in [0.717, 1.165) is 68.7 Å². The van der Waals surface area contributed by atoms with Gasteiger partial charge in [0.15, 0.2) is 11.5 Å². The van der Waals surface area contributed by atoms with Crippen molar-refractivity contribution in [3.05, 3.63) is 88.5 Å². The molecule has 4 amide bonds. The number of carbonyl (C=O) groups is 4. The van der Waals surface area contributed by atoms with E-state index >= 15 is 0 Å². The monoisotopic (exact) mass is 785 g/mol. The number of rotatable bonds is 13. The molecular weight excluding hydrogens is 735 g/mol. The molecule has 0 spiro atoms. The largest absolute Gasteiger partial charge is 0.493 e. The fourth-order valence-corrected chi connectivity index (χ4v) is 9.62. The standard InChI is InChI=1S/C42H51N5O8S/c1-4-55-37-26-30(11-13-36(37)54-2)35(27-56(3,52)53)47-41(50)33-9-6-10-34(39(33)42(47)51)46-23-21-45(22-24-46)31-16-19-44(20-17-31)18-15-28-7-5-8-29(25-28)32-12-14-38(48)43-40(32)49/h5-11,13,25-26,31-32,35H,4,12,14-24,27H2,1-3H3,(H,43,48,49)/t32?,35-/m1/s1. The minimum Gasteiger partial charge on any atom is -0.493 e. The third kappa shape index (κ3) is 8.47. The number of anilines is 1. The summed E-state index contributed by atoms with van der Waals surface area (Å²) in [4.78, 5) is 60.6. The molecule has 2 atom stereocenters. The molecule has 4 heterocycles. The number of hydrogen-bond donors (Lipinski definition) is 1. The zero-order chi connectivity index (χ0) is 39.6. The van der Waals surface area contributed by atoms with Crippen LogP contribution in [-0.2, 0) is 25.8 Å². The maximum atomic E-state index is 14.3. The Morgan fingerprint density at radius 1 is 0.857 bits per heavy atom. The Bertz CT molecular complexity index is 2090. The highest BCUT2D eigenvalue weighted by Gasteiger charge is 2.44. The molecule has 0 bridgehead atoms. The number of sulfone groups is 1. The van der Waals surface area contributed by atoms with Crippen LogP contribution in [0, 0.1) is 0 Å². The van der Waals surface area contributed by atoms with Gasteiger partial charge in [-0.15, -0.1) is 0 Å². The smallest absolute Gasteiger partial charge is 0.264 e. The van der Waals surface area contributed by atoms with Crippen molar-refractivity contribution >= 4 is 39.2 Å². The Hall–Kier alpha value is -4.79. The Kier molecular flexibility index (Phi) is 11.8. The van der Waals surface area contributed by atoms with Crippen molar-refractivity contribution in [2.75, 3.05) is 76.4 Å². The summed E-state index contributed by atoms with van der Waals surface area (Å²) in [6.07, 6.45) is 5.06. The Morgan fingerprint density at radius 3 is 2.30 bits per heavy atom. The number of benzene rings is 3. The summed E-state index contributed by atoms with van der Waals surface area (Å²) >= 11 is 0. The summed E-state index contributed by atoms with van der Waals surface area (Å²) < 4.78 is 36.6. The van der Waals surface area contributed by atoms with Crippen LogP contribution in [0.3, 0.4) is 0 Å². The number of carbonyl (C=O) groups excluding carboxylic acids is 4. The number of ether oxygens (including phenoxy) is 2. The fraction of sp³-hybridized carbons (Fsp3) is 0.476. The number of imide groups is 2. The van der Waals surface area contributed by atoms with Crippen molar-refractivity contribution in [1.29, 1.82) is 0 Å². The summed E-state index contributed by atoms with van der Waals surface area (Å²) in [6.45, 7) is 8.19. The second-order valence-electron chi connectivity index (χ2n) is 15.2. The number of piperidine rings is 2. The van der Waals surface area contributed by atoms with E-state index in [2.05, 4.69) is 32.1 Å². The summed E-state index contributed by atoms with van der Waals surface area (Å²) in [5.74, 6) is -1.25. The highest BCUT2D eigenvalue weighted by molar-refractivity contribution is 7.90. The van der Waals surface area contributed by atoms with Gasteiger partial charge in [-0.1, -0.05) is 36.4 Å². The number of likely N-dealkylation sites (tertiary alicyclic amines) is 1. The number of methoxy groups -OCH3 is 1. The second-order valence-corrected chi connectivity index (χ2v) is 17.4. The van der Waals surface area contributed by atoms with Gasteiger partial charge in [0, 0.05) is 51.4 Å². The number of fused-ring (bicyclic) bond motifs is 1. The molecule has 0 radical (unpaired) electrons. The van der Waals surface area contributed by atoms with Gasteiger partial charge in [-0.25, -0.2) is 8.42 Å². The topological polar surface area (TPSA) is 146 Å². The molecule has 0 saturated carbocycles. The fourth-order valence-electron chi connectivity index (χ4n) is 8.71. The summed E-state index contributed by atoms with van der Waals surface area (Å²) in [6, 6.07) is 17.9. The summed E-state index contributed by atoms with van der Waals surface area (Å²) in [5.41, 5.74) is 3.93. The Morgan fingerprint density at radius 2 is 1.61 bits per heavy atom. The molecule has 298 valence electrons. The maximum Gasteiger partial charge on any atom is 0.264 e. The van der Waals surface area contributed by atoms with Crippen LogP contribution >= 0.6 is 0 Å².